The number of nitrogen functional groups attached to an aromatic ring is 1. The fourth-order valence-corrected chi connectivity index (χ4v) is 2.17. The molecule has 1 aliphatic heterocycles. The van der Waals surface area contributed by atoms with Gasteiger partial charge in [-0.2, -0.15) is 0 Å². The number of carbonyl (C=O) groups excluding carboxylic acids is 2. The van der Waals surface area contributed by atoms with Crippen LogP contribution in [0.5, 0.6) is 5.75 Å². The molecule has 0 saturated carbocycles. The first-order valence-corrected chi connectivity index (χ1v) is 7.19. The van der Waals surface area contributed by atoms with E-state index in [2.05, 4.69) is 5.32 Å². The molecule has 0 spiro atoms. The smallest absolute Gasteiger partial charge is 0.224 e. The van der Waals surface area contributed by atoms with Crippen molar-refractivity contribution < 1.29 is 19.1 Å². The number of ether oxygens (including phenoxy) is 2. The van der Waals surface area contributed by atoms with Crippen LogP contribution in [0.2, 0.25) is 0 Å². The van der Waals surface area contributed by atoms with Gasteiger partial charge in [-0.3, -0.25) is 9.59 Å². The maximum absolute atomic E-state index is 12.0. The minimum Gasteiger partial charge on any atom is -0.497 e. The molecule has 1 saturated heterocycles. The molecule has 2 amide bonds. The van der Waals surface area contributed by atoms with E-state index < -0.39 is 0 Å². The molecule has 0 aromatic heterocycles. The first kappa shape index (κ1) is 19.1. The number of morpholine rings is 1. The van der Waals surface area contributed by atoms with Gasteiger partial charge in [0.1, 0.15) is 5.75 Å². The average molecular weight is 344 g/mol. The number of anilines is 2. The number of carbonyl (C=O) groups is 2. The van der Waals surface area contributed by atoms with Gasteiger partial charge >= 0.3 is 0 Å². The molecule has 2 rings (SSSR count). The fourth-order valence-electron chi connectivity index (χ4n) is 2.17. The maximum atomic E-state index is 12.0. The number of hydrogen-bond donors (Lipinski definition) is 2. The third kappa shape index (κ3) is 5.61. The Labute approximate surface area is 141 Å². The largest absolute Gasteiger partial charge is 0.497 e. The summed E-state index contributed by atoms with van der Waals surface area (Å²) in [5, 5.41) is 2.70. The topological polar surface area (TPSA) is 93.9 Å². The van der Waals surface area contributed by atoms with Crippen LogP contribution in [0, 0.1) is 0 Å². The number of nitrogens with two attached hydrogens (primary N) is 1. The van der Waals surface area contributed by atoms with Crippen LogP contribution in [-0.4, -0.2) is 50.1 Å². The average Bonchev–Trinajstić information content (AvgIpc) is 2.55. The van der Waals surface area contributed by atoms with E-state index in [1.807, 2.05) is 0 Å². The summed E-state index contributed by atoms with van der Waals surface area (Å²) in [6, 6.07) is 5.03. The van der Waals surface area contributed by atoms with E-state index in [0.717, 1.165) is 0 Å². The van der Waals surface area contributed by atoms with Gasteiger partial charge in [0.2, 0.25) is 11.8 Å². The first-order chi connectivity index (χ1) is 10.6. The number of nitrogens with zero attached hydrogens (tertiary/aromatic N) is 1. The van der Waals surface area contributed by atoms with Crippen molar-refractivity contribution in [3.63, 3.8) is 0 Å². The van der Waals surface area contributed by atoms with E-state index in [0.29, 0.717) is 43.4 Å². The van der Waals surface area contributed by atoms with Crippen LogP contribution in [0.25, 0.3) is 0 Å². The third-order valence-electron chi connectivity index (χ3n) is 3.46. The van der Waals surface area contributed by atoms with Crippen LogP contribution in [-0.2, 0) is 14.3 Å². The third-order valence-corrected chi connectivity index (χ3v) is 3.46. The summed E-state index contributed by atoms with van der Waals surface area (Å²) in [6.07, 6.45) is 0.294. The number of methoxy groups -OCH3 is 1. The van der Waals surface area contributed by atoms with Gasteiger partial charge in [-0.15, -0.1) is 12.4 Å². The van der Waals surface area contributed by atoms with Crippen LogP contribution >= 0.6 is 12.4 Å². The Balaban J connectivity index is 0.00000264. The lowest BCUT2D eigenvalue weighted by atomic mass is 10.2. The SMILES string of the molecule is COc1ccc(N)c(NC(=O)CCC(=O)N2CCOCC2)c1.Cl. The molecule has 0 atom stereocenters. The highest BCUT2D eigenvalue weighted by Gasteiger charge is 2.17. The van der Waals surface area contributed by atoms with E-state index >= 15 is 0 Å². The molecule has 3 N–H and O–H groups in total. The van der Waals surface area contributed by atoms with Crippen molar-refractivity contribution in [3.05, 3.63) is 18.2 Å². The molecule has 1 aliphatic rings. The summed E-state index contributed by atoms with van der Waals surface area (Å²) in [5.74, 6) is 0.326. The molecule has 0 aliphatic carbocycles. The standard InChI is InChI=1S/C15H21N3O4.ClH/c1-21-11-2-3-12(16)13(10-11)17-14(19)4-5-15(20)18-6-8-22-9-7-18;/h2-3,10H,4-9,16H2,1H3,(H,17,19);1H. The summed E-state index contributed by atoms with van der Waals surface area (Å²) in [6.45, 7) is 2.28. The van der Waals surface area contributed by atoms with Gasteiger partial charge in [0, 0.05) is 32.0 Å². The summed E-state index contributed by atoms with van der Waals surface area (Å²) >= 11 is 0. The highest BCUT2D eigenvalue weighted by Crippen LogP contribution is 2.24. The van der Waals surface area contributed by atoms with Crippen molar-refractivity contribution in [2.24, 2.45) is 0 Å². The molecule has 23 heavy (non-hydrogen) atoms. The molecule has 128 valence electrons. The van der Waals surface area contributed by atoms with Crippen LogP contribution in [0.15, 0.2) is 18.2 Å². The highest BCUT2D eigenvalue weighted by molar-refractivity contribution is 5.95. The summed E-state index contributed by atoms with van der Waals surface area (Å²) in [5.41, 5.74) is 6.75. The first-order valence-electron chi connectivity index (χ1n) is 7.19. The lowest BCUT2D eigenvalue weighted by Gasteiger charge is -2.26. The maximum Gasteiger partial charge on any atom is 0.224 e. The van der Waals surface area contributed by atoms with E-state index in [9.17, 15) is 9.59 Å². The summed E-state index contributed by atoms with van der Waals surface area (Å²) < 4.78 is 10.3. The molecule has 1 aromatic rings. The predicted octanol–water partition coefficient (Wildman–Crippen LogP) is 1.28. The molecule has 0 unspecified atom stereocenters. The molecule has 0 radical (unpaired) electrons. The Morgan fingerprint density at radius 2 is 2.00 bits per heavy atom. The molecular weight excluding hydrogens is 322 g/mol. The van der Waals surface area contributed by atoms with Crippen LogP contribution < -0.4 is 15.8 Å². The number of amides is 2. The number of hydrogen-bond acceptors (Lipinski definition) is 5. The zero-order valence-corrected chi connectivity index (χ0v) is 13.9. The van der Waals surface area contributed by atoms with Gasteiger partial charge in [0.15, 0.2) is 0 Å². The highest BCUT2D eigenvalue weighted by atomic mass is 35.5. The zero-order chi connectivity index (χ0) is 15.9. The van der Waals surface area contributed by atoms with Crippen molar-refractivity contribution in [3.8, 4) is 5.75 Å². The van der Waals surface area contributed by atoms with Crippen LogP contribution in [0.3, 0.4) is 0 Å². The number of rotatable bonds is 5. The Morgan fingerprint density at radius 3 is 2.65 bits per heavy atom. The lowest BCUT2D eigenvalue weighted by molar-refractivity contribution is -0.136. The second-order valence-electron chi connectivity index (χ2n) is 4.99. The summed E-state index contributed by atoms with van der Waals surface area (Å²) in [7, 11) is 1.54. The van der Waals surface area contributed by atoms with Crippen LogP contribution in [0.1, 0.15) is 12.8 Å². The quantitative estimate of drug-likeness (QED) is 0.785. The second-order valence-corrected chi connectivity index (χ2v) is 4.99. The van der Waals surface area contributed by atoms with Crippen molar-refractivity contribution in [2.75, 3.05) is 44.5 Å². The molecule has 7 nitrogen and oxygen atoms in total. The van der Waals surface area contributed by atoms with Gasteiger partial charge in [0.05, 0.1) is 31.7 Å². The monoisotopic (exact) mass is 343 g/mol. The van der Waals surface area contributed by atoms with Crippen LogP contribution in [0.4, 0.5) is 11.4 Å². The molecule has 1 aromatic carbocycles. The van der Waals surface area contributed by atoms with Crippen molar-refractivity contribution in [1.82, 2.24) is 4.90 Å². The van der Waals surface area contributed by atoms with Gasteiger partial charge in [-0.05, 0) is 12.1 Å². The number of nitrogens with one attached hydrogen (secondary N) is 1. The zero-order valence-electron chi connectivity index (χ0n) is 13.0. The Hall–Kier alpha value is -1.99. The summed E-state index contributed by atoms with van der Waals surface area (Å²) in [4.78, 5) is 25.6. The van der Waals surface area contributed by atoms with Gasteiger partial charge in [-0.25, -0.2) is 0 Å². The molecule has 0 bridgehead atoms. The Morgan fingerprint density at radius 1 is 1.30 bits per heavy atom. The molecule has 8 heteroatoms. The molecular formula is C15H22ClN3O4. The van der Waals surface area contributed by atoms with Crippen molar-refractivity contribution in [1.29, 1.82) is 0 Å². The van der Waals surface area contributed by atoms with E-state index in [1.165, 1.54) is 7.11 Å². The van der Waals surface area contributed by atoms with Gasteiger partial charge in [-0.1, -0.05) is 0 Å². The second kappa shape index (κ2) is 9.22. The van der Waals surface area contributed by atoms with Gasteiger partial charge in [0.25, 0.3) is 0 Å². The van der Waals surface area contributed by atoms with Gasteiger partial charge < -0.3 is 25.4 Å². The van der Waals surface area contributed by atoms with E-state index in [4.69, 9.17) is 15.2 Å². The minimum absolute atomic E-state index is 0. The van der Waals surface area contributed by atoms with E-state index in [1.54, 1.807) is 23.1 Å². The number of benzene rings is 1. The minimum atomic E-state index is -0.249. The van der Waals surface area contributed by atoms with E-state index in [-0.39, 0.29) is 37.1 Å². The molecule has 1 fully saturated rings. The molecule has 1 heterocycles. The predicted molar refractivity (Wildman–Crippen MR) is 89.9 cm³/mol. The lowest BCUT2D eigenvalue weighted by Crippen LogP contribution is -2.40. The Bertz CT molecular complexity index is 548. The van der Waals surface area contributed by atoms with Crippen molar-refractivity contribution >= 4 is 35.6 Å². The normalized spacial score (nSPS) is 13.9. The Kier molecular flexibility index (Phi) is 7.64. The number of halogens is 1. The van der Waals surface area contributed by atoms with Crippen molar-refractivity contribution in [2.45, 2.75) is 12.8 Å². The fraction of sp³-hybridized carbons (Fsp3) is 0.467.